The highest BCUT2D eigenvalue weighted by Gasteiger charge is 2.14. The predicted molar refractivity (Wildman–Crippen MR) is 141 cm³/mol. The van der Waals surface area contributed by atoms with Crippen LogP contribution in [0.4, 0.5) is 21.8 Å². The number of hydrogen-bond donors (Lipinski definition) is 2. The van der Waals surface area contributed by atoms with Crippen LogP contribution in [0.5, 0.6) is 5.75 Å². The topological polar surface area (TPSA) is 91.9 Å². The number of aromatic nitrogens is 2. The fraction of sp³-hybridized carbons (Fsp3) is 0.370. The molecule has 1 amide bonds. The minimum atomic E-state index is -0.544. The second-order valence-corrected chi connectivity index (χ2v) is 8.89. The first-order chi connectivity index (χ1) is 18.0. The molecule has 2 aromatic rings. The molecule has 1 aliphatic carbocycles. The van der Waals surface area contributed by atoms with E-state index in [1.165, 1.54) is 6.08 Å². The zero-order valence-corrected chi connectivity index (χ0v) is 21.1. The van der Waals surface area contributed by atoms with Crippen LogP contribution in [0.15, 0.2) is 66.5 Å². The van der Waals surface area contributed by atoms with Gasteiger partial charge in [0, 0.05) is 50.7 Å². The third-order valence-corrected chi connectivity index (χ3v) is 6.12. The second-order valence-electron chi connectivity index (χ2n) is 8.89. The van der Waals surface area contributed by atoms with Crippen molar-refractivity contribution in [2.45, 2.75) is 12.8 Å². The molecular formula is C27H33FN6O3. The van der Waals surface area contributed by atoms with E-state index >= 15 is 0 Å². The molecule has 1 saturated heterocycles. The van der Waals surface area contributed by atoms with Gasteiger partial charge in [-0.2, -0.15) is 4.98 Å². The van der Waals surface area contributed by atoms with Gasteiger partial charge in [0.05, 0.1) is 19.4 Å². The molecule has 2 N–H and O–H groups in total. The van der Waals surface area contributed by atoms with E-state index in [0.29, 0.717) is 19.6 Å². The summed E-state index contributed by atoms with van der Waals surface area (Å²) < 4.78 is 25.7. The SMILES string of the molecule is C=CC(=O)N(C)CC1=CC=C(Nc2nc(Nc3cccc(OCCN4CCOCC4)c3)ncc2F)CC1. The van der Waals surface area contributed by atoms with Gasteiger partial charge >= 0.3 is 0 Å². The molecule has 1 aromatic carbocycles. The van der Waals surface area contributed by atoms with Crippen molar-refractivity contribution in [1.82, 2.24) is 19.8 Å². The van der Waals surface area contributed by atoms with Crippen molar-refractivity contribution in [3.05, 3.63) is 72.4 Å². The van der Waals surface area contributed by atoms with Crippen LogP contribution >= 0.6 is 0 Å². The number of amides is 1. The summed E-state index contributed by atoms with van der Waals surface area (Å²) in [7, 11) is 1.74. The highest BCUT2D eigenvalue weighted by molar-refractivity contribution is 5.86. The zero-order chi connectivity index (χ0) is 26.0. The molecule has 0 radical (unpaired) electrons. The summed E-state index contributed by atoms with van der Waals surface area (Å²) >= 11 is 0. The summed E-state index contributed by atoms with van der Waals surface area (Å²) in [4.78, 5) is 24.0. The maximum Gasteiger partial charge on any atom is 0.245 e. The van der Waals surface area contributed by atoms with E-state index < -0.39 is 5.82 Å². The van der Waals surface area contributed by atoms with Gasteiger partial charge in [-0.1, -0.05) is 24.3 Å². The molecule has 4 rings (SSSR count). The normalized spacial score (nSPS) is 15.8. The number of benzene rings is 1. The number of allylic oxidation sites excluding steroid dienone is 3. The molecule has 10 heteroatoms. The van der Waals surface area contributed by atoms with Gasteiger partial charge < -0.3 is 25.0 Å². The molecule has 37 heavy (non-hydrogen) atoms. The number of ether oxygens (including phenoxy) is 2. The molecule has 1 aromatic heterocycles. The Bertz CT molecular complexity index is 1160. The minimum Gasteiger partial charge on any atom is -0.492 e. The lowest BCUT2D eigenvalue weighted by molar-refractivity contribution is -0.124. The molecule has 0 atom stereocenters. The van der Waals surface area contributed by atoms with E-state index in [-0.39, 0.29) is 17.7 Å². The number of carbonyl (C=O) groups excluding carboxylic acids is 1. The van der Waals surface area contributed by atoms with Gasteiger partial charge in [0.15, 0.2) is 11.6 Å². The van der Waals surface area contributed by atoms with E-state index in [1.54, 1.807) is 11.9 Å². The lowest BCUT2D eigenvalue weighted by atomic mass is 10.0. The molecule has 0 unspecified atom stereocenters. The van der Waals surface area contributed by atoms with Crippen molar-refractivity contribution in [3.8, 4) is 5.75 Å². The van der Waals surface area contributed by atoms with E-state index in [1.807, 2.05) is 36.4 Å². The molecule has 0 saturated carbocycles. The van der Waals surface area contributed by atoms with Gasteiger partial charge in [0.2, 0.25) is 11.9 Å². The lowest BCUT2D eigenvalue weighted by Crippen LogP contribution is -2.38. The quantitative estimate of drug-likeness (QED) is 0.444. The maximum absolute atomic E-state index is 14.5. The van der Waals surface area contributed by atoms with Crippen LogP contribution in [0.25, 0.3) is 0 Å². The number of anilines is 3. The van der Waals surface area contributed by atoms with Gasteiger partial charge in [-0.15, -0.1) is 0 Å². The van der Waals surface area contributed by atoms with Crippen LogP contribution < -0.4 is 15.4 Å². The van der Waals surface area contributed by atoms with Crippen molar-refractivity contribution in [2.75, 3.05) is 63.7 Å². The smallest absolute Gasteiger partial charge is 0.245 e. The van der Waals surface area contributed by atoms with Crippen LogP contribution in [-0.4, -0.2) is 78.7 Å². The fourth-order valence-electron chi connectivity index (χ4n) is 4.03. The number of hydrogen-bond acceptors (Lipinski definition) is 8. The van der Waals surface area contributed by atoms with E-state index in [4.69, 9.17) is 9.47 Å². The van der Waals surface area contributed by atoms with Gasteiger partial charge in [-0.25, -0.2) is 9.37 Å². The number of carbonyl (C=O) groups is 1. The Morgan fingerprint density at radius 2 is 2.11 bits per heavy atom. The van der Waals surface area contributed by atoms with Crippen LogP contribution in [0, 0.1) is 5.82 Å². The number of nitrogens with one attached hydrogen (secondary N) is 2. The Hall–Kier alpha value is -3.76. The van der Waals surface area contributed by atoms with E-state index in [0.717, 1.165) is 68.2 Å². The number of morpholine rings is 1. The average molecular weight is 509 g/mol. The second kappa shape index (κ2) is 13.0. The first kappa shape index (κ1) is 26.3. The molecule has 0 spiro atoms. The molecule has 0 bridgehead atoms. The Kier molecular flexibility index (Phi) is 9.23. The Balaban J connectivity index is 1.33. The third-order valence-electron chi connectivity index (χ3n) is 6.12. The van der Waals surface area contributed by atoms with Gasteiger partial charge in [-0.05, 0) is 37.1 Å². The summed E-state index contributed by atoms with van der Waals surface area (Å²) in [5, 5.41) is 6.19. The van der Waals surface area contributed by atoms with Gasteiger partial charge in [0.25, 0.3) is 0 Å². The van der Waals surface area contributed by atoms with Crippen LogP contribution in [0.2, 0.25) is 0 Å². The largest absolute Gasteiger partial charge is 0.492 e. The highest BCUT2D eigenvalue weighted by atomic mass is 19.1. The van der Waals surface area contributed by atoms with Crippen LogP contribution in [0.1, 0.15) is 12.8 Å². The molecule has 2 heterocycles. The van der Waals surface area contributed by atoms with Crippen molar-refractivity contribution >= 4 is 23.4 Å². The molecule has 1 fully saturated rings. The van der Waals surface area contributed by atoms with Gasteiger partial charge in [0.1, 0.15) is 12.4 Å². The summed E-state index contributed by atoms with van der Waals surface area (Å²) in [5.41, 5.74) is 2.69. The molecule has 9 nitrogen and oxygen atoms in total. The zero-order valence-electron chi connectivity index (χ0n) is 21.1. The standard InChI is InChI=1S/C27H33FN6O3/c1-3-25(35)33(2)19-20-7-9-21(10-8-20)30-26-24(28)18-29-27(32-26)31-22-5-4-6-23(17-22)37-16-13-34-11-14-36-15-12-34/h3-7,9,17-18H,1,8,10-16,19H2,2H3,(H2,29,30,31,32). The van der Waals surface area contributed by atoms with Crippen LogP contribution in [0.3, 0.4) is 0 Å². The first-order valence-corrected chi connectivity index (χ1v) is 12.4. The summed E-state index contributed by atoms with van der Waals surface area (Å²) in [5.74, 6) is 0.429. The average Bonchev–Trinajstić information content (AvgIpc) is 2.92. The minimum absolute atomic E-state index is 0.0949. The van der Waals surface area contributed by atoms with E-state index in [2.05, 4.69) is 32.1 Å². The Morgan fingerprint density at radius 1 is 1.27 bits per heavy atom. The summed E-state index contributed by atoms with van der Waals surface area (Å²) in [6.07, 6.45) is 7.70. The Labute approximate surface area is 216 Å². The number of nitrogens with zero attached hydrogens (tertiary/aromatic N) is 4. The summed E-state index contributed by atoms with van der Waals surface area (Å²) in [6.45, 7) is 8.83. The molecule has 2 aliphatic rings. The molecule has 1 aliphatic heterocycles. The van der Waals surface area contributed by atoms with Crippen molar-refractivity contribution < 1.29 is 18.7 Å². The predicted octanol–water partition coefficient (Wildman–Crippen LogP) is 3.73. The monoisotopic (exact) mass is 508 g/mol. The summed E-state index contributed by atoms with van der Waals surface area (Å²) in [6, 6.07) is 7.51. The van der Waals surface area contributed by atoms with E-state index in [9.17, 15) is 9.18 Å². The van der Waals surface area contributed by atoms with Crippen molar-refractivity contribution in [3.63, 3.8) is 0 Å². The Morgan fingerprint density at radius 3 is 2.86 bits per heavy atom. The van der Waals surface area contributed by atoms with Crippen LogP contribution in [-0.2, 0) is 9.53 Å². The fourth-order valence-corrected chi connectivity index (χ4v) is 4.03. The first-order valence-electron chi connectivity index (χ1n) is 12.4. The van der Waals surface area contributed by atoms with Crippen molar-refractivity contribution in [1.29, 1.82) is 0 Å². The molecular weight excluding hydrogens is 475 g/mol. The number of rotatable bonds is 11. The third kappa shape index (κ3) is 7.86. The van der Waals surface area contributed by atoms with Gasteiger partial charge in [-0.3, -0.25) is 9.69 Å². The maximum atomic E-state index is 14.5. The van der Waals surface area contributed by atoms with Crippen molar-refractivity contribution in [2.24, 2.45) is 0 Å². The highest BCUT2D eigenvalue weighted by Crippen LogP contribution is 2.24. The molecule has 196 valence electrons. The number of likely N-dealkylation sites (N-methyl/N-ethyl adjacent to an activating group) is 1. The number of halogens is 1. The lowest BCUT2D eigenvalue weighted by Gasteiger charge is -2.26.